The van der Waals surface area contributed by atoms with E-state index in [-0.39, 0.29) is 5.78 Å². The van der Waals surface area contributed by atoms with E-state index in [9.17, 15) is 9.59 Å². The normalized spacial score (nSPS) is 10.9. The first-order valence-corrected chi connectivity index (χ1v) is 9.57. The van der Waals surface area contributed by atoms with Crippen LogP contribution >= 0.6 is 11.3 Å². The largest absolute Gasteiger partial charge is 0.423 e. The first-order chi connectivity index (χ1) is 13.1. The summed E-state index contributed by atoms with van der Waals surface area (Å²) >= 11 is 1.60. The third-order valence-electron chi connectivity index (χ3n) is 4.04. The maximum atomic E-state index is 12.2. The van der Waals surface area contributed by atoms with Gasteiger partial charge in [-0.05, 0) is 42.8 Å². The number of rotatable bonds is 6. The highest BCUT2D eigenvalue weighted by molar-refractivity contribution is 7.16. The van der Waals surface area contributed by atoms with Crippen LogP contribution in [0.2, 0.25) is 0 Å². The predicted octanol–water partition coefficient (Wildman–Crippen LogP) is 5.94. The first kappa shape index (κ1) is 18.8. The monoisotopic (exact) mass is 376 g/mol. The van der Waals surface area contributed by atoms with Crippen LogP contribution in [0.15, 0.2) is 66.7 Å². The molecular weight excluding hydrogens is 356 g/mol. The van der Waals surface area contributed by atoms with Crippen LogP contribution in [-0.2, 0) is 4.79 Å². The molecule has 0 atom stereocenters. The Morgan fingerprint density at radius 2 is 1.81 bits per heavy atom. The van der Waals surface area contributed by atoms with Crippen molar-refractivity contribution in [2.45, 2.75) is 20.3 Å². The molecule has 0 spiro atoms. The van der Waals surface area contributed by atoms with Gasteiger partial charge in [-0.25, -0.2) is 4.79 Å². The zero-order chi connectivity index (χ0) is 19.2. The molecule has 1 aromatic heterocycles. The second kappa shape index (κ2) is 8.60. The molecule has 136 valence electrons. The molecule has 27 heavy (non-hydrogen) atoms. The molecule has 0 fully saturated rings. The molecule has 0 saturated heterocycles. The Morgan fingerprint density at radius 1 is 1.04 bits per heavy atom. The van der Waals surface area contributed by atoms with Gasteiger partial charge in [0.1, 0.15) is 5.75 Å². The highest BCUT2D eigenvalue weighted by Gasteiger charge is 2.13. The van der Waals surface area contributed by atoms with Crippen molar-refractivity contribution in [2.75, 3.05) is 0 Å². The van der Waals surface area contributed by atoms with Crippen molar-refractivity contribution in [2.24, 2.45) is 0 Å². The van der Waals surface area contributed by atoms with Gasteiger partial charge in [-0.3, -0.25) is 4.79 Å². The molecule has 0 aliphatic heterocycles. The standard InChI is InChI=1S/C23H20O3S/c1-3-20(24)19-15-16(2)9-12-21(19)26-23(25)14-11-18-10-13-22(27-18)17-7-5-4-6-8-17/h4-15H,3H2,1-2H3/b14-11+. The van der Waals surface area contributed by atoms with E-state index >= 15 is 0 Å². The van der Waals surface area contributed by atoms with Gasteiger partial charge in [0, 0.05) is 22.3 Å². The fourth-order valence-corrected chi connectivity index (χ4v) is 3.55. The fourth-order valence-electron chi connectivity index (χ4n) is 2.63. The minimum Gasteiger partial charge on any atom is -0.423 e. The van der Waals surface area contributed by atoms with E-state index in [4.69, 9.17) is 4.74 Å². The zero-order valence-corrected chi connectivity index (χ0v) is 16.1. The van der Waals surface area contributed by atoms with Crippen molar-refractivity contribution >= 4 is 29.2 Å². The SMILES string of the molecule is CCC(=O)c1cc(C)ccc1OC(=O)/C=C/c1ccc(-c2ccccc2)s1. The number of ether oxygens (including phenoxy) is 1. The van der Waals surface area contributed by atoms with Crippen LogP contribution in [0, 0.1) is 6.92 Å². The molecule has 1 heterocycles. The van der Waals surface area contributed by atoms with Crippen molar-refractivity contribution in [3.63, 3.8) is 0 Å². The zero-order valence-electron chi connectivity index (χ0n) is 15.3. The molecule has 0 radical (unpaired) electrons. The third kappa shape index (κ3) is 4.80. The van der Waals surface area contributed by atoms with Crippen LogP contribution in [0.5, 0.6) is 5.75 Å². The summed E-state index contributed by atoms with van der Waals surface area (Å²) in [5, 5.41) is 0. The second-order valence-electron chi connectivity index (χ2n) is 6.10. The molecule has 0 bridgehead atoms. The lowest BCUT2D eigenvalue weighted by molar-refractivity contribution is -0.128. The lowest BCUT2D eigenvalue weighted by Gasteiger charge is -2.08. The molecule has 0 N–H and O–H groups in total. The van der Waals surface area contributed by atoms with Crippen molar-refractivity contribution in [3.8, 4) is 16.2 Å². The number of Topliss-reactive ketones (excluding diaryl/α,β-unsaturated/α-hetero) is 1. The number of hydrogen-bond acceptors (Lipinski definition) is 4. The number of hydrogen-bond donors (Lipinski definition) is 0. The number of carbonyl (C=O) groups is 2. The van der Waals surface area contributed by atoms with Crippen molar-refractivity contribution in [1.29, 1.82) is 0 Å². The maximum Gasteiger partial charge on any atom is 0.336 e. The Hall–Kier alpha value is -2.98. The topological polar surface area (TPSA) is 43.4 Å². The van der Waals surface area contributed by atoms with Gasteiger partial charge in [-0.2, -0.15) is 0 Å². The van der Waals surface area contributed by atoms with E-state index in [1.807, 2.05) is 43.3 Å². The molecule has 0 amide bonds. The molecular formula is C23H20O3S. The van der Waals surface area contributed by atoms with E-state index in [0.717, 1.165) is 20.9 Å². The molecule has 0 unspecified atom stereocenters. The molecule has 4 heteroatoms. The van der Waals surface area contributed by atoms with Crippen LogP contribution < -0.4 is 4.74 Å². The second-order valence-corrected chi connectivity index (χ2v) is 7.21. The van der Waals surface area contributed by atoms with Gasteiger partial charge in [-0.1, -0.05) is 48.9 Å². The van der Waals surface area contributed by atoms with Gasteiger partial charge in [0.2, 0.25) is 0 Å². The van der Waals surface area contributed by atoms with Gasteiger partial charge in [-0.15, -0.1) is 11.3 Å². The summed E-state index contributed by atoms with van der Waals surface area (Å²) in [6.45, 7) is 3.69. The summed E-state index contributed by atoms with van der Waals surface area (Å²) in [5.74, 6) is -0.242. The molecule has 3 nitrogen and oxygen atoms in total. The van der Waals surface area contributed by atoms with E-state index in [2.05, 4.69) is 12.1 Å². The summed E-state index contributed by atoms with van der Waals surface area (Å²) < 4.78 is 5.39. The number of aryl methyl sites for hydroxylation is 1. The summed E-state index contributed by atoms with van der Waals surface area (Å²) in [4.78, 5) is 26.4. The van der Waals surface area contributed by atoms with Crippen LogP contribution in [0.4, 0.5) is 0 Å². The minimum atomic E-state index is -0.501. The fraction of sp³-hybridized carbons (Fsp3) is 0.130. The Balaban J connectivity index is 1.72. The Labute approximate surface area is 162 Å². The highest BCUT2D eigenvalue weighted by Crippen LogP contribution is 2.28. The summed E-state index contributed by atoms with van der Waals surface area (Å²) in [6, 6.07) is 19.3. The molecule has 0 aliphatic carbocycles. The quantitative estimate of drug-likeness (QED) is 0.232. The van der Waals surface area contributed by atoms with Gasteiger partial charge in [0.05, 0.1) is 5.56 Å². The summed E-state index contributed by atoms with van der Waals surface area (Å²) in [6.07, 6.45) is 3.48. The average Bonchev–Trinajstić information content (AvgIpc) is 3.17. The van der Waals surface area contributed by atoms with Gasteiger partial charge < -0.3 is 4.74 Å². The van der Waals surface area contributed by atoms with E-state index in [1.165, 1.54) is 6.08 Å². The van der Waals surface area contributed by atoms with Gasteiger partial charge in [0.25, 0.3) is 0 Å². The molecule has 3 rings (SSSR count). The first-order valence-electron chi connectivity index (χ1n) is 8.76. The summed E-state index contributed by atoms with van der Waals surface area (Å²) in [5.41, 5.74) is 2.54. The van der Waals surface area contributed by atoms with E-state index < -0.39 is 5.97 Å². The minimum absolute atomic E-state index is 0.0451. The molecule has 0 saturated carbocycles. The van der Waals surface area contributed by atoms with Crippen molar-refractivity contribution in [3.05, 3.63) is 82.7 Å². The summed E-state index contributed by atoms with van der Waals surface area (Å²) in [7, 11) is 0. The molecule has 3 aromatic rings. The number of carbonyl (C=O) groups excluding carboxylic acids is 2. The maximum absolute atomic E-state index is 12.2. The van der Waals surface area contributed by atoms with Gasteiger partial charge in [0.15, 0.2) is 5.78 Å². The lowest BCUT2D eigenvalue weighted by Crippen LogP contribution is -2.08. The van der Waals surface area contributed by atoms with Crippen LogP contribution in [0.1, 0.15) is 34.1 Å². The third-order valence-corrected chi connectivity index (χ3v) is 5.14. The lowest BCUT2D eigenvalue weighted by atomic mass is 10.1. The number of thiophene rings is 1. The smallest absolute Gasteiger partial charge is 0.336 e. The van der Waals surface area contributed by atoms with Gasteiger partial charge >= 0.3 is 5.97 Å². The van der Waals surface area contributed by atoms with Crippen LogP contribution in [-0.4, -0.2) is 11.8 Å². The molecule has 0 aliphatic rings. The Morgan fingerprint density at radius 3 is 2.56 bits per heavy atom. The molecule has 2 aromatic carbocycles. The number of benzene rings is 2. The van der Waals surface area contributed by atoms with E-state index in [1.54, 1.807) is 36.5 Å². The van der Waals surface area contributed by atoms with E-state index in [0.29, 0.717) is 17.7 Å². The van der Waals surface area contributed by atoms with Crippen molar-refractivity contribution in [1.82, 2.24) is 0 Å². The van der Waals surface area contributed by atoms with Crippen LogP contribution in [0.3, 0.4) is 0 Å². The predicted molar refractivity (Wildman–Crippen MR) is 110 cm³/mol. The Bertz CT molecular complexity index is 984. The van der Waals surface area contributed by atoms with Crippen LogP contribution in [0.25, 0.3) is 16.5 Å². The Kier molecular flexibility index (Phi) is 5.99. The average molecular weight is 376 g/mol. The van der Waals surface area contributed by atoms with Crippen molar-refractivity contribution < 1.29 is 14.3 Å². The number of esters is 1. The number of ketones is 1. The highest BCUT2D eigenvalue weighted by atomic mass is 32.1.